The lowest BCUT2D eigenvalue weighted by molar-refractivity contribution is 0.0702. The lowest BCUT2D eigenvalue weighted by Gasteiger charge is -2.40. The van der Waals surface area contributed by atoms with Crippen molar-refractivity contribution in [3.8, 4) is 0 Å². The summed E-state index contributed by atoms with van der Waals surface area (Å²) in [6.07, 6.45) is 6.21. The number of anilines is 1. The van der Waals surface area contributed by atoms with Crippen LogP contribution in [0.4, 0.5) is 10.5 Å². The van der Waals surface area contributed by atoms with Crippen molar-refractivity contribution < 1.29 is 19.4 Å². The number of thiophene rings is 1. The summed E-state index contributed by atoms with van der Waals surface area (Å²) >= 11 is 1.27. The molecule has 5 nitrogen and oxygen atoms in total. The van der Waals surface area contributed by atoms with Crippen LogP contribution in [0.3, 0.4) is 0 Å². The molecule has 0 bridgehead atoms. The molecule has 1 unspecified atom stereocenters. The molecule has 25 heavy (non-hydrogen) atoms. The Morgan fingerprint density at radius 2 is 1.92 bits per heavy atom. The first-order valence-electron chi connectivity index (χ1n) is 9.12. The number of carboxylic acid groups (broad SMARTS) is 1. The van der Waals surface area contributed by atoms with E-state index in [1.165, 1.54) is 30.6 Å². The summed E-state index contributed by atoms with van der Waals surface area (Å²) in [6, 6.07) is 1.93. The van der Waals surface area contributed by atoms with Gasteiger partial charge in [-0.3, -0.25) is 4.90 Å². The quantitative estimate of drug-likeness (QED) is 0.815. The first-order valence-corrected chi connectivity index (χ1v) is 9.94. The van der Waals surface area contributed by atoms with Gasteiger partial charge in [0, 0.05) is 17.3 Å². The Hall–Kier alpha value is -1.56. The molecule has 1 atom stereocenters. The molecule has 1 N–H and O–H groups in total. The minimum atomic E-state index is -0.976. The Bertz CT molecular complexity index is 655. The van der Waals surface area contributed by atoms with Crippen LogP contribution in [0.2, 0.25) is 0 Å². The second-order valence-corrected chi connectivity index (χ2v) is 9.17. The number of aromatic carboxylic acids is 1. The zero-order valence-electron chi connectivity index (χ0n) is 15.2. The van der Waals surface area contributed by atoms with E-state index in [2.05, 4.69) is 20.8 Å². The molecule has 0 spiro atoms. The fraction of sp³-hybridized carbons (Fsp3) is 0.684. The van der Waals surface area contributed by atoms with Crippen molar-refractivity contribution in [3.63, 3.8) is 0 Å². The van der Waals surface area contributed by atoms with Crippen LogP contribution >= 0.6 is 11.3 Å². The molecular formula is C19H27NO4S. The van der Waals surface area contributed by atoms with Crippen LogP contribution in [0.25, 0.3) is 0 Å². The second-order valence-electron chi connectivity index (χ2n) is 8.12. The van der Waals surface area contributed by atoms with Gasteiger partial charge < -0.3 is 9.84 Å². The van der Waals surface area contributed by atoms with Crippen LogP contribution in [0.5, 0.6) is 0 Å². The number of hydrogen-bond donors (Lipinski definition) is 1. The number of cyclic esters (lactones) is 1. The summed E-state index contributed by atoms with van der Waals surface area (Å²) in [4.78, 5) is 27.3. The maximum Gasteiger partial charge on any atom is 0.414 e. The smallest absolute Gasteiger partial charge is 0.414 e. The third-order valence-corrected chi connectivity index (χ3v) is 6.80. The summed E-state index contributed by atoms with van der Waals surface area (Å²) in [5.74, 6) is -0.544. The van der Waals surface area contributed by atoms with Crippen LogP contribution in [-0.4, -0.2) is 29.8 Å². The van der Waals surface area contributed by atoms with Crippen LogP contribution in [0.1, 0.15) is 73.8 Å². The van der Waals surface area contributed by atoms with Crippen molar-refractivity contribution in [2.45, 2.75) is 70.8 Å². The van der Waals surface area contributed by atoms with Crippen molar-refractivity contribution in [1.29, 1.82) is 0 Å². The number of rotatable bonds is 3. The summed E-state index contributed by atoms with van der Waals surface area (Å²) in [7, 11) is 0. The van der Waals surface area contributed by atoms with Gasteiger partial charge in [0.1, 0.15) is 4.88 Å². The fourth-order valence-corrected chi connectivity index (χ4v) is 4.97. The summed E-state index contributed by atoms with van der Waals surface area (Å²) in [5.41, 5.74) is 0.357. The first kappa shape index (κ1) is 18.2. The van der Waals surface area contributed by atoms with Crippen molar-refractivity contribution in [2.75, 3.05) is 11.5 Å². The van der Waals surface area contributed by atoms with Gasteiger partial charge in [0.05, 0.1) is 12.3 Å². The maximum absolute atomic E-state index is 12.6. The van der Waals surface area contributed by atoms with E-state index < -0.39 is 12.1 Å². The topological polar surface area (TPSA) is 66.8 Å². The molecule has 2 fully saturated rings. The van der Waals surface area contributed by atoms with Crippen LogP contribution in [0.15, 0.2) is 6.07 Å². The molecule has 1 aliphatic carbocycles. The fourth-order valence-electron chi connectivity index (χ4n) is 3.93. The molecule has 1 aliphatic heterocycles. The number of carbonyl (C=O) groups excluding carboxylic acids is 1. The predicted octanol–water partition coefficient (Wildman–Crippen LogP) is 5.04. The molecule has 1 amide bonds. The Morgan fingerprint density at radius 1 is 1.24 bits per heavy atom. The van der Waals surface area contributed by atoms with Crippen LogP contribution in [0, 0.1) is 5.92 Å². The predicted molar refractivity (Wildman–Crippen MR) is 98.8 cm³/mol. The van der Waals surface area contributed by atoms with Crippen molar-refractivity contribution in [1.82, 2.24) is 0 Å². The molecule has 138 valence electrons. The molecule has 1 saturated heterocycles. The number of nitrogens with zero attached hydrogens (tertiary/aromatic N) is 1. The molecule has 6 heteroatoms. The standard InChI is InChI=1S/C19H27NO4S/c1-19(2,3)15-11-14(16(25-15)17(21)22)20-13(9-10-24-18(20)23)12-7-5-4-6-8-12/h11-13H,4-10H2,1-3H3,(H,21,22). The Kier molecular flexibility index (Phi) is 5.09. The van der Waals surface area contributed by atoms with E-state index in [9.17, 15) is 14.7 Å². The molecule has 1 aromatic heterocycles. The molecule has 1 saturated carbocycles. The monoisotopic (exact) mass is 365 g/mol. The van der Waals surface area contributed by atoms with E-state index >= 15 is 0 Å². The zero-order chi connectivity index (χ0) is 18.2. The minimum Gasteiger partial charge on any atom is -0.477 e. The number of hydrogen-bond acceptors (Lipinski definition) is 4. The maximum atomic E-state index is 12.6. The Balaban J connectivity index is 2.02. The van der Waals surface area contributed by atoms with E-state index in [4.69, 9.17) is 4.74 Å². The number of carbonyl (C=O) groups is 2. The highest BCUT2D eigenvalue weighted by molar-refractivity contribution is 7.14. The van der Waals surface area contributed by atoms with Crippen molar-refractivity contribution in [3.05, 3.63) is 15.8 Å². The summed E-state index contributed by atoms with van der Waals surface area (Å²) < 4.78 is 5.29. The van der Waals surface area contributed by atoms with Gasteiger partial charge in [-0.05, 0) is 30.2 Å². The lowest BCUT2D eigenvalue weighted by atomic mass is 9.81. The highest BCUT2D eigenvalue weighted by Crippen LogP contribution is 2.42. The average Bonchev–Trinajstić information content (AvgIpc) is 3.01. The Morgan fingerprint density at radius 3 is 2.52 bits per heavy atom. The second kappa shape index (κ2) is 6.98. The molecule has 3 rings (SSSR count). The van der Waals surface area contributed by atoms with E-state index in [0.717, 1.165) is 24.1 Å². The number of ether oxygens (including phenoxy) is 1. The Labute approximate surface area is 153 Å². The first-order chi connectivity index (χ1) is 11.8. The largest absolute Gasteiger partial charge is 0.477 e. The molecule has 0 aromatic carbocycles. The van der Waals surface area contributed by atoms with Gasteiger partial charge in [0.15, 0.2) is 0 Å². The number of carboxylic acids is 1. The molecule has 2 aliphatic rings. The van der Waals surface area contributed by atoms with Gasteiger partial charge in [-0.2, -0.15) is 0 Å². The zero-order valence-corrected chi connectivity index (χ0v) is 16.0. The van der Waals surface area contributed by atoms with Gasteiger partial charge in [-0.15, -0.1) is 11.3 Å². The SMILES string of the molecule is CC(C)(C)c1cc(N2C(=O)OCCC2C2CCCCC2)c(C(=O)O)s1. The molecule has 0 radical (unpaired) electrons. The van der Waals surface area contributed by atoms with Crippen LogP contribution in [-0.2, 0) is 10.2 Å². The molecule has 2 heterocycles. The van der Waals surface area contributed by atoms with E-state index in [1.807, 2.05) is 6.07 Å². The van der Waals surface area contributed by atoms with Gasteiger partial charge in [-0.1, -0.05) is 40.0 Å². The lowest BCUT2D eigenvalue weighted by Crippen LogP contribution is -2.50. The van der Waals surface area contributed by atoms with E-state index in [1.54, 1.807) is 4.90 Å². The molecular weight excluding hydrogens is 338 g/mol. The summed E-state index contributed by atoms with van der Waals surface area (Å²) in [5, 5.41) is 9.69. The summed E-state index contributed by atoms with van der Waals surface area (Å²) in [6.45, 7) is 6.60. The number of amides is 1. The van der Waals surface area contributed by atoms with Crippen molar-refractivity contribution in [2.24, 2.45) is 5.92 Å². The van der Waals surface area contributed by atoms with Gasteiger partial charge in [0.2, 0.25) is 0 Å². The average molecular weight is 365 g/mol. The highest BCUT2D eigenvalue weighted by atomic mass is 32.1. The third-order valence-electron chi connectivity index (χ3n) is 5.27. The van der Waals surface area contributed by atoms with Crippen LogP contribution < -0.4 is 4.90 Å². The highest BCUT2D eigenvalue weighted by Gasteiger charge is 2.39. The van der Waals surface area contributed by atoms with Gasteiger partial charge in [-0.25, -0.2) is 9.59 Å². The van der Waals surface area contributed by atoms with Gasteiger partial charge in [0.25, 0.3) is 0 Å². The van der Waals surface area contributed by atoms with E-state index in [0.29, 0.717) is 18.2 Å². The minimum absolute atomic E-state index is 0.0436. The van der Waals surface area contributed by atoms with Crippen molar-refractivity contribution >= 4 is 29.1 Å². The normalized spacial score (nSPS) is 22.8. The third kappa shape index (κ3) is 3.68. The van der Waals surface area contributed by atoms with E-state index in [-0.39, 0.29) is 16.3 Å². The molecule has 1 aromatic rings. The van der Waals surface area contributed by atoms with Gasteiger partial charge >= 0.3 is 12.1 Å².